The lowest BCUT2D eigenvalue weighted by atomic mass is 10.0. The Morgan fingerprint density at radius 1 is 1.25 bits per heavy atom. The van der Waals surface area contributed by atoms with Crippen molar-refractivity contribution >= 4 is 5.78 Å². The predicted molar refractivity (Wildman–Crippen MR) is 76.3 cm³/mol. The van der Waals surface area contributed by atoms with E-state index >= 15 is 0 Å². The van der Waals surface area contributed by atoms with Gasteiger partial charge in [-0.2, -0.15) is 0 Å². The summed E-state index contributed by atoms with van der Waals surface area (Å²) in [6, 6.07) is 9.88. The van der Waals surface area contributed by atoms with Crippen LogP contribution in [0.3, 0.4) is 0 Å². The van der Waals surface area contributed by atoms with Crippen LogP contribution in [-0.2, 0) is 14.3 Å². The summed E-state index contributed by atoms with van der Waals surface area (Å²) in [5, 5.41) is 0. The van der Waals surface area contributed by atoms with Crippen LogP contribution in [0.2, 0.25) is 0 Å². The molecule has 0 amide bonds. The first-order valence-electron chi connectivity index (χ1n) is 6.93. The number of carbonyl (C=O) groups is 1. The summed E-state index contributed by atoms with van der Waals surface area (Å²) < 4.78 is 10.9. The lowest BCUT2D eigenvalue weighted by Gasteiger charge is -2.08. The van der Waals surface area contributed by atoms with E-state index in [0.717, 1.165) is 24.0 Å². The first kappa shape index (κ1) is 13.3. The average Bonchev–Trinajstić information content (AvgIpc) is 3.31. The number of ether oxygens (including phenoxy) is 2. The minimum atomic E-state index is -0.326. The van der Waals surface area contributed by atoms with Crippen molar-refractivity contribution < 1.29 is 14.3 Å². The SMILES string of the molecule is COC1CC=CC(C(=O)C2OC2c2ccccc2)=CC1. The first-order valence-corrected chi connectivity index (χ1v) is 6.93. The second-order valence-electron chi connectivity index (χ2n) is 5.14. The van der Waals surface area contributed by atoms with Crippen molar-refractivity contribution in [2.75, 3.05) is 7.11 Å². The lowest BCUT2D eigenvalue weighted by Crippen LogP contribution is -2.10. The Labute approximate surface area is 118 Å². The molecule has 0 spiro atoms. The van der Waals surface area contributed by atoms with Crippen molar-refractivity contribution in [2.45, 2.75) is 31.2 Å². The molecule has 1 aliphatic heterocycles. The van der Waals surface area contributed by atoms with Gasteiger partial charge in [0.2, 0.25) is 0 Å². The second-order valence-corrected chi connectivity index (χ2v) is 5.14. The van der Waals surface area contributed by atoms with Crippen LogP contribution in [-0.4, -0.2) is 25.1 Å². The number of carbonyl (C=O) groups excluding carboxylic acids is 1. The molecule has 0 radical (unpaired) electrons. The zero-order valence-corrected chi connectivity index (χ0v) is 11.5. The van der Waals surface area contributed by atoms with Crippen molar-refractivity contribution in [3.05, 3.63) is 59.7 Å². The van der Waals surface area contributed by atoms with E-state index < -0.39 is 0 Å². The van der Waals surface area contributed by atoms with Gasteiger partial charge in [0.15, 0.2) is 11.9 Å². The number of methoxy groups -OCH3 is 1. The highest BCUT2D eigenvalue weighted by atomic mass is 16.6. The molecule has 2 aliphatic rings. The van der Waals surface area contributed by atoms with Crippen LogP contribution in [0.15, 0.2) is 54.1 Å². The molecular weight excluding hydrogens is 252 g/mol. The van der Waals surface area contributed by atoms with Gasteiger partial charge in [0.25, 0.3) is 0 Å². The Morgan fingerprint density at radius 3 is 2.80 bits per heavy atom. The average molecular weight is 270 g/mol. The monoisotopic (exact) mass is 270 g/mol. The van der Waals surface area contributed by atoms with Gasteiger partial charge in [0.1, 0.15) is 6.10 Å². The van der Waals surface area contributed by atoms with Gasteiger partial charge in [0, 0.05) is 12.7 Å². The molecule has 1 heterocycles. The highest BCUT2D eigenvalue weighted by Crippen LogP contribution is 2.40. The molecule has 20 heavy (non-hydrogen) atoms. The van der Waals surface area contributed by atoms with Crippen molar-refractivity contribution in [1.82, 2.24) is 0 Å². The zero-order valence-electron chi connectivity index (χ0n) is 11.5. The maximum Gasteiger partial charge on any atom is 0.194 e. The van der Waals surface area contributed by atoms with Gasteiger partial charge in [-0.25, -0.2) is 0 Å². The molecule has 0 saturated carbocycles. The minimum Gasteiger partial charge on any atom is -0.381 e. The molecule has 1 aromatic rings. The number of ketones is 1. The van der Waals surface area contributed by atoms with E-state index in [1.165, 1.54) is 0 Å². The van der Waals surface area contributed by atoms with E-state index in [4.69, 9.17) is 9.47 Å². The van der Waals surface area contributed by atoms with Crippen LogP contribution in [0, 0.1) is 0 Å². The number of hydrogen-bond donors (Lipinski definition) is 0. The van der Waals surface area contributed by atoms with Crippen LogP contribution in [0.4, 0.5) is 0 Å². The number of allylic oxidation sites excluding steroid dienone is 1. The molecule has 1 aliphatic carbocycles. The number of epoxide rings is 1. The molecule has 1 fully saturated rings. The largest absolute Gasteiger partial charge is 0.381 e. The Kier molecular flexibility index (Phi) is 3.81. The van der Waals surface area contributed by atoms with Gasteiger partial charge in [-0.1, -0.05) is 48.6 Å². The molecule has 0 aromatic heterocycles. The van der Waals surface area contributed by atoms with Gasteiger partial charge < -0.3 is 9.47 Å². The summed E-state index contributed by atoms with van der Waals surface area (Å²) in [7, 11) is 1.70. The second kappa shape index (κ2) is 5.73. The van der Waals surface area contributed by atoms with Crippen LogP contribution < -0.4 is 0 Å². The molecule has 3 rings (SSSR count). The fourth-order valence-corrected chi connectivity index (χ4v) is 2.52. The normalized spacial score (nSPS) is 28.6. The van der Waals surface area contributed by atoms with Crippen molar-refractivity contribution in [1.29, 1.82) is 0 Å². The van der Waals surface area contributed by atoms with E-state index in [1.807, 2.05) is 48.6 Å². The first-order chi connectivity index (χ1) is 9.79. The predicted octanol–water partition coefficient (Wildman–Crippen LogP) is 2.99. The van der Waals surface area contributed by atoms with Gasteiger partial charge >= 0.3 is 0 Å². The van der Waals surface area contributed by atoms with Crippen molar-refractivity contribution in [2.24, 2.45) is 0 Å². The minimum absolute atomic E-state index is 0.0758. The van der Waals surface area contributed by atoms with Crippen LogP contribution in [0.5, 0.6) is 0 Å². The number of rotatable bonds is 4. The fraction of sp³-hybridized carbons (Fsp3) is 0.353. The molecule has 0 bridgehead atoms. The summed E-state index contributed by atoms with van der Waals surface area (Å²) in [5.41, 5.74) is 1.81. The topological polar surface area (TPSA) is 38.8 Å². The molecule has 104 valence electrons. The number of hydrogen-bond acceptors (Lipinski definition) is 3. The Hall–Kier alpha value is -1.71. The molecule has 3 atom stereocenters. The van der Waals surface area contributed by atoms with E-state index in [-0.39, 0.29) is 24.1 Å². The third kappa shape index (κ3) is 2.74. The third-order valence-electron chi connectivity index (χ3n) is 3.79. The molecule has 0 N–H and O–H groups in total. The van der Waals surface area contributed by atoms with Gasteiger partial charge in [-0.3, -0.25) is 4.79 Å². The maximum atomic E-state index is 12.4. The molecule has 1 aromatic carbocycles. The molecular formula is C17H18O3. The molecule has 3 heteroatoms. The van der Waals surface area contributed by atoms with Gasteiger partial charge in [0.05, 0.1) is 6.10 Å². The summed E-state index contributed by atoms with van der Waals surface area (Å²) in [4.78, 5) is 12.4. The standard InChI is InChI=1S/C17H18O3/c1-19-14-9-5-8-12(10-11-14)15(18)17-16(20-17)13-6-3-2-4-7-13/h2-8,10,14,16-17H,9,11H2,1H3. The third-order valence-corrected chi connectivity index (χ3v) is 3.79. The molecule has 3 unspecified atom stereocenters. The molecule has 1 saturated heterocycles. The van der Waals surface area contributed by atoms with E-state index in [1.54, 1.807) is 7.11 Å². The van der Waals surface area contributed by atoms with Crippen molar-refractivity contribution in [3.8, 4) is 0 Å². The van der Waals surface area contributed by atoms with E-state index in [9.17, 15) is 4.79 Å². The van der Waals surface area contributed by atoms with E-state index in [0.29, 0.717) is 0 Å². The number of benzene rings is 1. The fourth-order valence-electron chi connectivity index (χ4n) is 2.52. The smallest absolute Gasteiger partial charge is 0.194 e. The van der Waals surface area contributed by atoms with Crippen molar-refractivity contribution in [3.63, 3.8) is 0 Å². The maximum absolute atomic E-state index is 12.4. The summed E-state index contributed by atoms with van der Waals surface area (Å²) >= 11 is 0. The summed E-state index contributed by atoms with van der Waals surface area (Å²) in [6.07, 6.45) is 7.23. The quantitative estimate of drug-likeness (QED) is 0.789. The number of Topliss-reactive ketones (excluding diaryl/α,β-unsaturated/α-hetero) is 1. The highest BCUT2D eigenvalue weighted by molar-refractivity contribution is 6.03. The van der Waals surface area contributed by atoms with Crippen LogP contribution in [0.1, 0.15) is 24.5 Å². The highest BCUT2D eigenvalue weighted by Gasteiger charge is 2.46. The summed E-state index contributed by atoms with van der Waals surface area (Å²) in [6.45, 7) is 0. The van der Waals surface area contributed by atoms with Crippen LogP contribution in [0.25, 0.3) is 0 Å². The Bertz CT molecular complexity index is 545. The molecule has 3 nitrogen and oxygen atoms in total. The Balaban J connectivity index is 1.68. The van der Waals surface area contributed by atoms with E-state index in [2.05, 4.69) is 0 Å². The lowest BCUT2D eigenvalue weighted by molar-refractivity contribution is -0.116. The summed E-state index contributed by atoms with van der Waals surface area (Å²) in [5.74, 6) is 0.0758. The zero-order chi connectivity index (χ0) is 13.9. The van der Waals surface area contributed by atoms with Gasteiger partial charge in [-0.15, -0.1) is 0 Å². The Morgan fingerprint density at radius 2 is 2.05 bits per heavy atom. The van der Waals surface area contributed by atoms with Gasteiger partial charge in [-0.05, 0) is 18.4 Å². The van der Waals surface area contributed by atoms with Crippen LogP contribution >= 0.6 is 0 Å².